The number of ether oxygens (including phenoxy) is 8. The van der Waals surface area contributed by atoms with Crippen LogP contribution in [0.3, 0.4) is 0 Å². The number of hydrogen-bond donors (Lipinski definition) is 3. The molecule has 324 valence electrons. The third-order valence-electron chi connectivity index (χ3n) is 15.6. The molecule has 2 spiro atoms. The first-order valence-electron chi connectivity index (χ1n) is 20.2. The van der Waals surface area contributed by atoms with Crippen molar-refractivity contribution in [2.75, 3.05) is 7.11 Å². The Morgan fingerprint density at radius 2 is 1.63 bits per heavy atom. The number of aliphatic hydroxyl groups is 3. The largest absolute Gasteiger partial charge is 0.511 e. The monoisotopic (exact) mass is 830 g/mol. The van der Waals surface area contributed by atoms with Crippen molar-refractivity contribution in [3.05, 3.63) is 35.5 Å². The molecule has 17 heteroatoms. The Kier molecular flexibility index (Phi) is 8.85. The molecule has 7 fully saturated rings. The molecular formula is C42H54O17. The quantitative estimate of drug-likeness (QED) is 0.140. The SMILES string of the molecule is CCC(C)C(=O)O[C@H]1[C@@]2(C)C[C@@]34O[C@]5(C)O[C@]6([C@@H]7C(=C(O)C(C)C)C(=O)O[C@@H](c8ccoc8)[C@]7(C)[C@@H](OC(C)=O)[C@@H](O)[C@]6(O5)[C@]3(C)[C@H]2CC(=O)OC)[C@H](OC(C)=O)[C@@]14O. The minimum absolute atomic E-state index is 0.155. The van der Waals surface area contributed by atoms with E-state index in [1.54, 1.807) is 48.5 Å². The Balaban J connectivity index is 1.58. The number of carbonyl (C=O) groups excluding carboxylic acids is 5. The van der Waals surface area contributed by atoms with Crippen LogP contribution in [0.15, 0.2) is 34.3 Å². The highest BCUT2D eigenvalue weighted by Crippen LogP contribution is 2.90. The number of esters is 5. The molecule has 3 N–H and O–H groups in total. The third-order valence-corrected chi connectivity index (χ3v) is 15.6. The zero-order chi connectivity index (χ0) is 43.4. The first kappa shape index (κ1) is 41.7. The molecule has 59 heavy (non-hydrogen) atoms. The van der Waals surface area contributed by atoms with E-state index in [9.17, 15) is 39.3 Å². The second kappa shape index (κ2) is 12.5. The van der Waals surface area contributed by atoms with Crippen LogP contribution in [0.1, 0.15) is 100 Å². The molecule has 4 aliphatic carbocycles. The number of allylic oxidation sites excluding steroid dienone is 1. The molecule has 4 heterocycles. The number of aliphatic hydroxyl groups excluding tert-OH is 2. The van der Waals surface area contributed by atoms with Gasteiger partial charge in [0.25, 0.3) is 5.97 Å². The van der Waals surface area contributed by atoms with Crippen LogP contribution in [0, 0.1) is 39.9 Å². The lowest BCUT2D eigenvalue weighted by Gasteiger charge is -2.78. The molecule has 7 aliphatic rings. The van der Waals surface area contributed by atoms with Crippen molar-refractivity contribution < 1.29 is 81.6 Å². The number of fused-ring (bicyclic) bond motifs is 3. The number of cyclic esters (lactones) is 1. The van der Waals surface area contributed by atoms with E-state index in [-0.39, 0.29) is 12.0 Å². The molecule has 3 aliphatic heterocycles. The van der Waals surface area contributed by atoms with E-state index in [0.29, 0.717) is 6.42 Å². The molecule has 4 bridgehead atoms. The highest BCUT2D eigenvalue weighted by atomic mass is 16.9. The second-order valence-electron chi connectivity index (χ2n) is 18.8. The Hall–Kier alpha value is -4.03. The summed E-state index contributed by atoms with van der Waals surface area (Å²) in [7, 11) is 1.20. The molecule has 4 saturated carbocycles. The van der Waals surface area contributed by atoms with Crippen LogP contribution >= 0.6 is 0 Å². The Morgan fingerprint density at radius 1 is 0.966 bits per heavy atom. The molecule has 17 nitrogen and oxygen atoms in total. The molecule has 8 rings (SSSR count). The summed E-state index contributed by atoms with van der Waals surface area (Å²) in [5.41, 5.74) is -14.8. The molecular weight excluding hydrogens is 776 g/mol. The molecule has 3 saturated heterocycles. The lowest BCUT2D eigenvalue weighted by molar-refractivity contribution is -0.491. The minimum Gasteiger partial charge on any atom is -0.511 e. The van der Waals surface area contributed by atoms with Gasteiger partial charge >= 0.3 is 29.8 Å². The number of carbonyl (C=O) groups is 5. The maximum atomic E-state index is 14.8. The maximum Gasteiger partial charge on any atom is 0.338 e. The molecule has 0 radical (unpaired) electrons. The number of methoxy groups -OCH3 is 1. The van der Waals surface area contributed by atoms with Crippen molar-refractivity contribution >= 4 is 29.8 Å². The van der Waals surface area contributed by atoms with Crippen molar-refractivity contribution in [3.63, 3.8) is 0 Å². The van der Waals surface area contributed by atoms with Gasteiger partial charge in [-0.2, -0.15) is 0 Å². The third kappa shape index (κ3) is 4.45. The normalized spacial score (nSPS) is 48.4. The standard InChI is InChI=1S/C42H54O17/c1-12-19(4)31(48)56-33-35(7)17-39-37(9,23(35)15-24(45)51-11)42-28(47)30(53-20(5)43)36(8)27(25(26(46)18(2)3)32(49)55-29(36)22-13-14-52-16-22)41(42,58-38(10,57-39)59-42)34(40(33,39)50)54-21(6)44/h13-14,16,18-19,23,27-30,33-34,46-47,50H,12,15,17H2,1-11H3/t19?,23-,27+,28+,29-,30-,33-,34+,35-,36+,37+,38+,39+,40-,41+,42-/m0/s1. The zero-order valence-electron chi connectivity index (χ0n) is 35.1. The summed E-state index contributed by atoms with van der Waals surface area (Å²) >= 11 is 0. The van der Waals surface area contributed by atoms with E-state index in [1.807, 2.05) is 0 Å². The van der Waals surface area contributed by atoms with Gasteiger partial charge in [-0.25, -0.2) is 4.79 Å². The lowest BCUT2D eigenvalue weighted by Crippen LogP contribution is -2.97. The summed E-state index contributed by atoms with van der Waals surface area (Å²) < 4.78 is 57.1. The second-order valence-corrected chi connectivity index (χ2v) is 18.8. The molecule has 16 atom stereocenters. The van der Waals surface area contributed by atoms with Gasteiger partial charge in [0.2, 0.25) is 0 Å². The van der Waals surface area contributed by atoms with Crippen molar-refractivity contribution in [2.45, 2.75) is 147 Å². The summed E-state index contributed by atoms with van der Waals surface area (Å²) in [5, 5.41) is 40.0. The first-order valence-corrected chi connectivity index (χ1v) is 20.2. The van der Waals surface area contributed by atoms with E-state index in [4.69, 9.17) is 42.3 Å². The van der Waals surface area contributed by atoms with Gasteiger partial charge < -0.3 is 57.6 Å². The molecule has 1 unspecified atom stereocenters. The van der Waals surface area contributed by atoms with Crippen LogP contribution in [-0.4, -0.2) is 105 Å². The van der Waals surface area contributed by atoms with Gasteiger partial charge in [-0.05, 0) is 24.8 Å². The highest BCUT2D eigenvalue weighted by molar-refractivity contribution is 5.92. The van der Waals surface area contributed by atoms with Crippen molar-refractivity contribution in [2.24, 2.45) is 39.9 Å². The van der Waals surface area contributed by atoms with Crippen LogP contribution in [0.4, 0.5) is 0 Å². The fraction of sp³-hybridized carbons (Fsp3) is 0.738. The van der Waals surface area contributed by atoms with Crippen molar-refractivity contribution in [1.82, 2.24) is 0 Å². The van der Waals surface area contributed by atoms with E-state index < -0.39 is 146 Å². The van der Waals surface area contributed by atoms with Gasteiger partial charge in [0.1, 0.15) is 41.4 Å². The topological polar surface area (TPSA) is 233 Å². The minimum atomic E-state index is -2.59. The van der Waals surface area contributed by atoms with Crippen molar-refractivity contribution in [1.29, 1.82) is 0 Å². The molecule has 1 aromatic rings. The first-order chi connectivity index (χ1) is 27.4. The van der Waals surface area contributed by atoms with E-state index in [2.05, 4.69) is 0 Å². The molecule has 0 amide bonds. The summed E-state index contributed by atoms with van der Waals surface area (Å²) in [4.78, 5) is 69.6. The molecule has 0 aromatic carbocycles. The van der Waals surface area contributed by atoms with Gasteiger partial charge in [0.15, 0.2) is 17.3 Å². The van der Waals surface area contributed by atoms with E-state index >= 15 is 0 Å². The average Bonchev–Trinajstić information content (AvgIpc) is 3.86. The van der Waals surface area contributed by atoms with E-state index in [1.165, 1.54) is 32.6 Å². The van der Waals surface area contributed by atoms with E-state index in [0.717, 1.165) is 13.8 Å². The fourth-order valence-electron chi connectivity index (χ4n) is 13.6. The van der Waals surface area contributed by atoms with Gasteiger partial charge in [0, 0.05) is 55.4 Å². The number of rotatable bonds is 9. The van der Waals surface area contributed by atoms with Crippen LogP contribution in [0.25, 0.3) is 0 Å². The van der Waals surface area contributed by atoms with Gasteiger partial charge in [0.05, 0.1) is 36.5 Å². The van der Waals surface area contributed by atoms with Crippen LogP contribution in [0.5, 0.6) is 0 Å². The van der Waals surface area contributed by atoms with Gasteiger partial charge in [-0.3, -0.25) is 19.2 Å². The highest BCUT2D eigenvalue weighted by Gasteiger charge is 3.06. The Bertz CT molecular complexity index is 2050. The number of hydrogen-bond acceptors (Lipinski definition) is 17. The average molecular weight is 831 g/mol. The van der Waals surface area contributed by atoms with Crippen LogP contribution < -0.4 is 0 Å². The predicted molar refractivity (Wildman–Crippen MR) is 196 cm³/mol. The Labute approximate surface area is 340 Å². The summed E-state index contributed by atoms with van der Waals surface area (Å²) in [6.45, 7) is 15.2. The Morgan fingerprint density at radius 3 is 2.19 bits per heavy atom. The summed E-state index contributed by atoms with van der Waals surface area (Å²) in [6.07, 6.45) is -6.31. The zero-order valence-corrected chi connectivity index (χ0v) is 35.1. The summed E-state index contributed by atoms with van der Waals surface area (Å²) in [6, 6.07) is 1.51. The van der Waals surface area contributed by atoms with Gasteiger partial charge in [-0.1, -0.05) is 48.5 Å². The maximum absolute atomic E-state index is 14.8. The smallest absolute Gasteiger partial charge is 0.338 e. The van der Waals surface area contributed by atoms with Crippen LogP contribution in [0.2, 0.25) is 0 Å². The van der Waals surface area contributed by atoms with Crippen molar-refractivity contribution in [3.8, 4) is 0 Å². The predicted octanol–water partition coefficient (Wildman–Crippen LogP) is 3.48. The number of furan rings is 1. The molecule has 1 aromatic heterocycles. The summed E-state index contributed by atoms with van der Waals surface area (Å²) in [5.74, 6) is -11.2. The van der Waals surface area contributed by atoms with Crippen LogP contribution in [-0.2, 0) is 61.9 Å². The fourth-order valence-corrected chi connectivity index (χ4v) is 13.6. The van der Waals surface area contributed by atoms with Gasteiger partial charge in [-0.15, -0.1) is 0 Å². The lowest BCUT2D eigenvalue weighted by atomic mass is 9.32.